The number of allylic oxidation sites excluding steroid dienone is 3. The lowest BCUT2D eigenvalue weighted by molar-refractivity contribution is -0.136. The molecule has 0 saturated heterocycles. The van der Waals surface area contributed by atoms with Gasteiger partial charge in [-0.25, -0.2) is 0 Å². The lowest BCUT2D eigenvalue weighted by Crippen LogP contribution is -2.00. The minimum absolute atomic E-state index is 0.176. The maximum Gasteiger partial charge on any atom is 0.307 e. The Balaban J connectivity index is 4.39. The summed E-state index contributed by atoms with van der Waals surface area (Å²) in [6, 6.07) is 0. The Morgan fingerprint density at radius 3 is 2.27 bits per heavy atom. The van der Waals surface area contributed by atoms with Gasteiger partial charge >= 0.3 is 5.97 Å². The van der Waals surface area contributed by atoms with Crippen molar-refractivity contribution in [3.05, 3.63) is 22.8 Å². The molecular weight excluding hydrogens is 192 g/mol. The molecule has 0 aromatic heterocycles. The summed E-state index contributed by atoms with van der Waals surface area (Å²) in [5.74, 6) is -0.960. The fraction of sp³-hybridized carbons (Fsp3) is 0.500. The first-order valence-corrected chi connectivity index (χ1v) is 4.96. The van der Waals surface area contributed by atoms with E-state index in [-0.39, 0.29) is 6.42 Å². The SMILES string of the molecule is CC(C)=CCCC(C)=C(C=O)CC(=O)O. The van der Waals surface area contributed by atoms with Gasteiger partial charge in [-0.3, -0.25) is 9.59 Å². The Kier molecular flexibility index (Phi) is 6.34. The molecule has 0 unspecified atom stereocenters. The third-order valence-electron chi connectivity index (χ3n) is 2.10. The summed E-state index contributed by atoms with van der Waals surface area (Å²) in [6.07, 6.45) is 4.14. The molecule has 0 aliphatic heterocycles. The lowest BCUT2D eigenvalue weighted by atomic mass is 10.0. The Morgan fingerprint density at radius 2 is 1.87 bits per heavy atom. The van der Waals surface area contributed by atoms with E-state index < -0.39 is 5.97 Å². The van der Waals surface area contributed by atoms with Crippen molar-refractivity contribution in [1.29, 1.82) is 0 Å². The second-order valence-corrected chi connectivity index (χ2v) is 3.81. The van der Waals surface area contributed by atoms with Crippen molar-refractivity contribution in [3.63, 3.8) is 0 Å². The first-order chi connectivity index (χ1) is 6.97. The van der Waals surface area contributed by atoms with E-state index >= 15 is 0 Å². The number of rotatable bonds is 6. The smallest absolute Gasteiger partial charge is 0.307 e. The average Bonchev–Trinajstić information content (AvgIpc) is 2.13. The molecule has 3 heteroatoms. The van der Waals surface area contributed by atoms with E-state index in [2.05, 4.69) is 6.08 Å². The molecule has 0 rings (SSSR count). The van der Waals surface area contributed by atoms with E-state index in [0.29, 0.717) is 11.9 Å². The molecule has 3 nitrogen and oxygen atoms in total. The Labute approximate surface area is 90.5 Å². The Morgan fingerprint density at radius 1 is 1.27 bits per heavy atom. The third-order valence-corrected chi connectivity index (χ3v) is 2.10. The number of carboxylic acid groups (broad SMARTS) is 1. The zero-order chi connectivity index (χ0) is 11.8. The minimum atomic E-state index is -0.960. The van der Waals surface area contributed by atoms with Crippen molar-refractivity contribution in [2.24, 2.45) is 0 Å². The molecule has 0 bridgehead atoms. The van der Waals surface area contributed by atoms with Crippen LogP contribution in [0.5, 0.6) is 0 Å². The van der Waals surface area contributed by atoms with Gasteiger partial charge in [0, 0.05) is 5.57 Å². The van der Waals surface area contributed by atoms with Gasteiger partial charge in [0.15, 0.2) is 0 Å². The largest absolute Gasteiger partial charge is 0.481 e. The number of aldehydes is 1. The van der Waals surface area contributed by atoms with Gasteiger partial charge in [0.05, 0.1) is 6.42 Å². The zero-order valence-corrected chi connectivity index (χ0v) is 9.54. The Bertz CT molecular complexity index is 294. The zero-order valence-electron chi connectivity index (χ0n) is 9.54. The summed E-state index contributed by atoms with van der Waals surface area (Å²) < 4.78 is 0. The maximum absolute atomic E-state index is 10.6. The molecule has 0 heterocycles. The van der Waals surface area contributed by atoms with E-state index in [9.17, 15) is 9.59 Å². The fourth-order valence-corrected chi connectivity index (χ4v) is 1.19. The predicted octanol–water partition coefficient (Wildman–Crippen LogP) is 2.72. The molecule has 0 saturated carbocycles. The highest BCUT2D eigenvalue weighted by Gasteiger charge is 2.06. The highest BCUT2D eigenvalue weighted by atomic mass is 16.4. The summed E-state index contributed by atoms with van der Waals surface area (Å²) in [5.41, 5.74) is 2.49. The van der Waals surface area contributed by atoms with Crippen LogP contribution in [0.4, 0.5) is 0 Å². The molecule has 84 valence electrons. The van der Waals surface area contributed by atoms with E-state index in [1.807, 2.05) is 20.8 Å². The van der Waals surface area contributed by atoms with Crippen molar-refractivity contribution in [1.82, 2.24) is 0 Å². The van der Waals surface area contributed by atoms with Gasteiger partial charge < -0.3 is 5.11 Å². The van der Waals surface area contributed by atoms with Gasteiger partial charge in [-0.1, -0.05) is 17.2 Å². The number of carboxylic acids is 1. The quantitative estimate of drug-likeness (QED) is 0.416. The van der Waals surface area contributed by atoms with Crippen LogP contribution in [0, 0.1) is 0 Å². The van der Waals surface area contributed by atoms with Crippen LogP contribution in [0.15, 0.2) is 22.8 Å². The van der Waals surface area contributed by atoms with Crippen LogP contribution in [0.1, 0.15) is 40.0 Å². The van der Waals surface area contributed by atoms with Crippen molar-refractivity contribution in [2.45, 2.75) is 40.0 Å². The summed E-state index contributed by atoms with van der Waals surface area (Å²) in [6.45, 7) is 5.83. The van der Waals surface area contributed by atoms with Crippen LogP contribution in [0.25, 0.3) is 0 Å². The van der Waals surface area contributed by atoms with E-state index in [1.54, 1.807) is 0 Å². The standard InChI is InChI=1S/C12H18O3/c1-9(2)5-4-6-10(3)11(8-13)7-12(14)15/h5,8H,4,6-7H2,1-3H3,(H,14,15). The topological polar surface area (TPSA) is 54.4 Å². The molecule has 0 radical (unpaired) electrons. The third kappa shape index (κ3) is 6.66. The molecule has 0 atom stereocenters. The highest BCUT2D eigenvalue weighted by molar-refractivity contribution is 5.84. The average molecular weight is 210 g/mol. The maximum atomic E-state index is 10.6. The van der Waals surface area contributed by atoms with Crippen molar-refractivity contribution in [2.75, 3.05) is 0 Å². The van der Waals surface area contributed by atoms with E-state index in [0.717, 1.165) is 18.4 Å². The lowest BCUT2D eigenvalue weighted by Gasteiger charge is -2.03. The number of aliphatic carboxylic acids is 1. The molecule has 1 N–H and O–H groups in total. The molecular formula is C12H18O3. The molecule has 0 amide bonds. The van der Waals surface area contributed by atoms with Gasteiger partial charge in [-0.15, -0.1) is 0 Å². The number of carbonyl (C=O) groups is 2. The summed E-state index contributed by atoms with van der Waals surface area (Å²) in [7, 11) is 0. The van der Waals surface area contributed by atoms with Crippen LogP contribution in [0.2, 0.25) is 0 Å². The first-order valence-electron chi connectivity index (χ1n) is 4.96. The van der Waals surface area contributed by atoms with Crippen molar-refractivity contribution in [3.8, 4) is 0 Å². The van der Waals surface area contributed by atoms with Crippen molar-refractivity contribution >= 4 is 12.3 Å². The van der Waals surface area contributed by atoms with Crippen LogP contribution in [-0.2, 0) is 9.59 Å². The number of hydrogen-bond acceptors (Lipinski definition) is 2. The van der Waals surface area contributed by atoms with Gasteiger partial charge in [0.2, 0.25) is 0 Å². The second kappa shape index (κ2) is 6.98. The summed E-state index contributed by atoms with van der Waals surface area (Å²) in [4.78, 5) is 21.1. The molecule has 15 heavy (non-hydrogen) atoms. The molecule has 0 fully saturated rings. The highest BCUT2D eigenvalue weighted by Crippen LogP contribution is 2.13. The van der Waals surface area contributed by atoms with Gasteiger partial charge in [-0.05, 0) is 33.6 Å². The summed E-state index contributed by atoms with van der Waals surface area (Å²) >= 11 is 0. The predicted molar refractivity (Wildman–Crippen MR) is 59.7 cm³/mol. The normalized spacial score (nSPS) is 11.7. The number of carbonyl (C=O) groups excluding carboxylic acids is 1. The Hall–Kier alpha value is -1.38. The number of hydrogen-bond donors (Lipinski definition) is 1. The monoisotopic (exact) mass is 210 g/mol. The van der Waals surface area contributed by atoms with Crippen LogP contribution >= 0.6 is 0 Å². The van der Waals surface area contributed by atoms with Crippen molar-refractivity contribution < 1.29 is 14.7 Å². The molecule has 0 aliphatic carbocycles. The first kappa shape index (κ1) is 13.6. The second-order valence-electron chi connectivity index (χ2n) is 3.81. The van der Waals surface area contributed by atoms with Crippen LogP contribution < -0.4 is 0 Å². The van der Waals surface area contributed by atoms with E-state index in [1.165, 1.54) is 5.57 Å². The van der Waals surface area contributed by atoms with Crippen LogP contribution in [-0.4, -0.2) is 17.4 Å². The van der Waals surface area contributed by atoms with E-state index in [4.69, 9.17) is 5.11 Å². The molecule has 0 aliphatic rings. The fourth-order valence-electron chi connectivity index (χ4n) is 1.19. The van der Waals surface area contributed by atoms with Gasteiger partial charge in [0.25, 0.3) is 0 Å². The summed E-state index contributed by atoms with van der Waals surface area (Å²) in [5, 5.41) is 8.57. The molecule has 0 aromatic rings. The van der Waals surface area contributed by atoms with Gasteiger partial charge in [-0.2, -0.15) is 0 Å². The molecule has 0 spiro atoms. The molecule has 0 aromatic carbocycles. The van der Waals surface area contributed by atoms with Crippen LogP contribution in [0.3, 0.4) is 0 Å². The van der Waals surface area contributed by atoms with Gasteiger partial charge in [0.1, 0.15) is 6.29 Å². The minimum Gasteiger partial charge on any atom is -0.481 e.